The first-order valence-electron chi connectivity index (χ1n) is 7.64. The molecule has 1 heterocycles. The van der Waals surface area contributed by atoms with Crippen molar-refractivity contribution in [3.63, 3.8) is 0 Å². The van der Waals surface area contributed by atoms with E-state index in [4.69, 9.17) is 5.11 Å². The fourth-order valence-corrected chi connectivity index (χ4v) is 2.06. The summed E-state index contributed by atoms with van der Waals surface area (Å²) in [5, 5.41) is 15.4. The molecule has 0 saturated carbocycles. The molecular weight excluding hydrogens is 292 g/mol. The van der Waals surface area contributed by atoms with Gasteiger partial charge in [0.2, 0.25) is 5.95 Å². The van der Waals surface area contributed by atoms with Crippen LogP contribution in [0.5, 0.6) is 0 Å². The molecule has 0 aliphatic rings. The van der Waals surface area contributed by atoms with Crippen LogP contribution in [0.4, 0.5) is 17.5 Å². The minimum absolute atomic E-state index is 0.232. The highest BCUT2D eigenvalue weighted by Gasteiger charge is 2.06. The Morgan fingerprint density at radius 3 is 2.74 bits per heavy atom. The van der Waals surface area contributed by atoms with Crippen molar-refractivity contribution in [2.45, 2.75) is 27.2 Å². The summed E-state index contributed by atoms with van der Waals surface area (Å²) in [6.07, 6.45) is 1.04. The lowest BCUT2D eigenvalue weighted by molar-refractivity contribution is 0.0697. The van der Waals surface area contributed by atoms with E-state index in [1.807, 2.05) is 13.0 Å². The number of aromatic carboxylic acids is 1. The van der Waals surface area contributed by atoms with E-state index in [1.54, 1.807) is 24.3 Å². The minimum Gasteiger partial charge on any atom is -0.478 e. The molecule has 6 nitrogen and oxygen atoms in total. The first-order valence-corrected chi connectivity index (χ1v) is 7.64. The second-order valence-corrected chi connectivity index (χ2v) is 5.84. The monoisotopic (exact) mass is 314 g/mol. The summed E-state index contributed by atoms with van der Waals surface area (Å²) < 4.78 is 0. The van der Waals surface area contributed by atoms with Crippen molar-refractivity contribution in [3.8, 4) is 0 Å². The van der Waals surface area contributed by atoms with Crippen LogP contribution in [0.25, 0.3) is 0 Å². The standard InChI is InChI=1S/C17H22N4O2/c1-11(2)7-8-18-17-19-12(3)9-15(21-17)20-14-6-4-5-13(10-14)16(22)23/h4-6,9-11H,7-8H2,1-3H3,(H,22,23)(H2,18,19,20,21). The maximum absolute atomic E-state index is 11.0. The van der Waals surface area contributed by atoms with E-state index in [1.165, 1.54) is 0 Å². The third kappa shape index (κ3) is 5.25. The molecule has 0 radical (unpaired) electrons. The van der Waals surface area contributed by atoms with Gasteiger partial charge in [0.25, 0.3) is 0 Å². The molecule has 0 aliphatic carbocycles. The molecule has 0 aliphatic heterocycles. The van der Waals surface area contributed by atoms with Crippen LogP contribution in [0.3, 0.4) is 0 Å². The first kappa shape index (κ1) is 16.7. The first-order chi connectivity index (χ1) is 10.9. The van der Waals surface area contributed by atoms with Crippen molar-refractivity contribution in [1.82, 2.24) is 9.97 Å². The highest BCUT2D eigenvalue weighted by molar-refractivity contribution is 5.89. The number of aryl methyl sites for hydroxylation is 1. The smallest absolute Gasteiger partial charge is 0.335 e. The normalized spacial score (nSPS) is 10.6. The molecule has 2 rings (SSSR count). The average molecular weight is 314 g/mol. The van der Waals surface area contributed by atoms with Crippen LogP contribution in [0, 0.1) is 12.8 Å². The Morgan fingerprint density at radius 2 is 2.04 bits per heavy atom. The van der Waals surface area contributed by atoms with E-state index in [0.717, 1.165) is 18.7 Å². The third-order valence-corrected chi connectivity index (χ3v) is 3.24. The molecular formula is C17H22N4O2. The van der Waals surface area contributed by atoms with Gasteiger partial charge in [0.1, 0.15) is 5.82 Å². The Hall–Kier alpha value is -2.63. The number of carboxylic acid groups (broad SMARTS) is 1. The number of aromatic nitrogens is 2. The molecule has 0 amide bonds. The lowest BCUT2D eigenvalue weighted by Crippen LogP contribution is -2.09. The number of carbonyl (C=O) groups is 1. The van der Waals surface area contributed by atoms with Crippen LogP contribution in [-0.2, 0) is 0 Å². The maximum Gasteiger partial charge on any atom is 0.335 e. The van der Waals surface area contributed by atoms with E-state index in [9.17, 15) is 4.79 Å². The number of rotatable bonds is 7. The fourth-order valence-electron chi connectivity index (χ4n) is 2.06. The van der Waals surface area contributed by atoms with Crippen molar-refractivity contribution in [2.75, 3.05) is 17.2 Å². The summed E-state index contributed by atoms with van der Waals surface area (Å²) in [7, 11) is 0. The van der Waals surface area contributed by atoms with Crippen LogP contribution in [-0.4, -0.2) is 27.6 Å². The Morgan fingerprint density at radius 1 is 1.26 bits per heavy atom. The number of carboxylic acids is 1. The van der Waals surface area contributed by atoms with Crippen LogP contribution in [0.2, 0.25) is 0 Å². The topological polar surface area (TPSA) is 87.1 Å². The van der Waals surface area contributed by atoms with E-state index in [-0.39, 0.29) is 5.56 Å². The zero-order valence-electron chi connectivity index (χ0n) is 13.6. The van der Waals surface area contributed by atoms with Gasteiger partial charge in [-0.3, -0.25) is 0 Å². The van der Waals surface area contributed by atoms with Crippen molar-refractivity contribution in [1.29, 1.82) is 0 Å². The van der Waals surface area contributed by atoms with Gasteiger partial charge in [-0.1, -0.05) is 19.9 Å². The predicted molar refractivity (Wildman–Crippen MR) is 91.4 cm³/mol. The van der Waals surface area contributed by atoms with E-state index < -0.39 is 5.97 Å². The van der Waals surface area contributed by atoms with Crippen molar-refractivity contribution < 1.29 is 9.90 Å². The minimum atomic E-state index is -0.955. The average Bonchev–Trinajstić information content (AvgIpc) is 2.46. The Balaban J connectivity index is 2.12. The Kier molecular flexibility index (Phi) is 5.51. The molecule has 0 saturated heterocycles. The molecule has 0 spiro atoms. The molecule has 0 atom stereocenters. The number of benzene rings is 1. The van der Waals surface area contributed by atoms with Crippen LogP contribution >= 0.6 is 0 Å². The predicted octanol–water partition coefficient (Wildman–Crippen LogP) is 3.68. The van der Waals surface area contributed by atoms with Gasteiger partial charge in [-0.2, -0.15) is 4.98 Å². The van der Waals surface area contributed by atoms with Gasteiger partial charge in [0.05, 0.1) is 5.56 Å². The fraction of sp³-hybridized carbons (Fsp3) is 0.353. The molecule has 1 aromatic heterocycles. The summed E-state index contributed by atoms with van der Waals surface area (Å²) in [6.45, 7) is 7.05. The second kappa shape index (κ2) is 7.58. The summed E-state index contributed by atoms with van der Waals surface area (Å²) in [4.78, 5) is 19.8. The number of nitrogens with zero attached hydrogens (tertiary/aromatic N) is 2. The van der Waals surface area contributed by atoms with Gasteiger partial charge in [-0.05, 0) is 37.5 Å². The second-order valence-electron chi connectivity index (χ2n) is 5.84. The zero-order valence-corrected chi connectivity index (χ0v) is 13.6. The SMILES string of the molecule is Cc1cc(Nc2cccc(C(=O)O)c2)nc(NCCC(C)C)n1. The summed E-state index contributed by atoms with van der Waals surface area (Å²) in [5.41, 5.74) is 1.75. The third-order valence-electron chi connectivity index (χ3n) is 3.24. The van der Waals surface area contributed by atoms with Crippen LogP contribution in [0.1, 0.15) is 36.3 Å². The number of hydrogen-bond acceptors (Lipinski definition) is 5. The summed E-state index contributed by atoms with van der Waals surface area (Å²) >= 11 is 0. The highest BCUT2D eigenvalue weighted by atomic mass is 16.4. The van der Waals surface area contributed by atoms with Gasteiger partial charge >= 0.3 is 5.97 Å². The zero-order chi connectivity index (χ0) is 16.8. The summed E-state index contributed by atoms with van der Waals surface area (Å²) in [5.74, 6) is 0.863. The number of nitrogens with one attached hydrogen (secondary N) is 2. The van der Waals surface area contributed by atoms with Crippen LogP contribution in [0.15, 0.2) is 30.3 Å². The van der Waals surface area contributed by atoms with Crippen molar-refractivity contribution >= 4 is 23.4 Å². The van der Waals surface area contributed by atoms with E-state index >= 15 is 0 Å². The van der Waals surface area contributed by atoms with Gasteiger partial charge in [0, 0.05) is 24.0 Å². The lowest BCUT2D eigenvalue weighted by atomic mass is 10.1. The highest BCUT2D eigenvalue weighted by Crippen LogP contribution is 2.18. The number of hydrogen-bond donors (Lipinski definition) is 3. The van der Waals surface area contributed by atoms with Gasteiger partial charge in [-0.25, -0.2) is 9.78 Å². The molecule has 3 N–H and O–H groups in total. The van der Waals surface area contributed by atoms with Gasteiger partial charge < -0.3 is 15.7 Å². The van der Waals surface area contributed by atoms with Crippen molar-refractivity contribution in [2.24, 2.45) is 5.92 Å². The molecule has 2 aromatic rings. The van der Waals surface area contributed by atoms with Gasteiger partial charge in [0.15, 0.2) is 0 Å². The van der Waals surface area contributed by atoms with E-state index in [0.29, 0.717) is 23.4 Å². The quantitative estimate of drug-likeness (QED) is 0.722. The Bertz CT molecular complexity index is 686. The summed E-state index contributed by atoms with van der Waals surface area (Å²) in [6, 6.07) is 8.45. The molecule has 1 aromatic carbocycles. The molecule has 0 bridgehead atoms. The van der Waals surface area contributed by atoms with Crippen LogP contribution < -0.4 is 10.6 Å². The molecule has 0 fully saturated rings. The molecule has 0 unspecified atom stereocenters. The largest absolute Gasteiger partial charge is 0.478 e. The Labute approximate surface area is 136 Å². The molecule has 23 heavy (non-hydrogen) atoms. The van der Waals surface area contributed by atoms with Gasteiger partial charge in [-0.15, -0.1) is 0 Å². The maximum atomic E-state index is 11.0. The molecule has 6 heteroatoms. The van der Waals surface area contributed by atoms with Crippen molar-refractivity contribution in [3.05, 3.63) is 41.6 Å². The number of anilines is 3. The molecule has 122 valence electrons. The lowest BCUT2D eigenvalue weighted by Gasteiger charge is -2.11. The van der Waals surface area contributed by atoms with E-state index in [2.05, 4.69) is 34.4 Å².